The van der Waals surface area contributed by atoms with Gasteiger partial charge in [-0.15, -0.1) is 11.8 Å². The standard InChI is InChI=1S/C16H21N3OS/c1-2-21-12-9-7-11(8-10-12)15-18-16(20-19-15)13-5-3-4-6-14(13)17/h7-10,13-14H,2-6,17H2,1H3. The lowest BCUT2D eigenvalue weighted by atomic mass is 9.85. The van der Waals surface area contributed by atoms with Crippen LogP contribution in [0.3, 0.4) is 0 Å². The van der Waals surface area contributed by atoms with Crippen LogP contribution in [0.1, 0.15) is 44.4 Å². The fraction of sp³-hybridized carbons (Fsp3) is 0.500. The van der Waals surface area contributed by atoms with Crippen molar-refractivity contribution in [3.05, 3.63) is 30.2 Å². The van der Waals surface area contributed by atoms with Crippen molar-refractivity contribution in [2.45, 2.75) is 49.5 Å². The number of nitrogens with zero attached hydrogens (tertiary/aromatic N) is 2. The fourth-order valence-electron chi connectivity index (χ4n) is 2.84. The molecule has 1 aromatic heterocycles. The van der Waals surface area contributed by atoms with Crippen molar-refractivity contribution in [3.8, 4) is 11.4 Å². The second kappa shape index (κ2) is 6.62. The highest BCUT2D eigenvalue weighted by Gasteiger charge is 2.28. The van der Waals surface area contributed by atoms with E-state index in [9.17, 15) is 0 Å². The van der Waals surface area contributed by atoms with E-state index in [0.29, 0.717) is 11.7 Å². The van der Waals surface area contributed by atoms with Gasteiger partial charge >= 0.3 is 0 Å². The minimum absolute atomic E-state index is 0.149. The summed E-state index contributed by atoms with van der Waals surface area (Å²) in [5, 5.41) is 4.12. The molecule has 2 aromatic rings. The van der Waals surface area contributed by atoms with E-state index in [2.05, 4.69) is 29.2 Å². The molecule has 21 heavy (non-hydrogen) atoms. The van der Waals surface area contributed by atoms with E-state index in [4.69, 9.17) is 10.3 Å². The van der Waals surface area contributed by atoms with Crippen LogP contribution in [-0.4, -0.2) is 21.9 Å². The maximum absolute atomic E-state index is 6.18. The molecule has 0 aliphatic heterocycles. The second-order valence-electron chi connectivity index (χ2n) is 5.47. The number of benzene rings is 1. The van der Waals surface area contributed by atoms with Gasteiger partial charge in [-0.3, -0.25) is 0 Å². The molecule has 0 saturated heterocycles. The molecule has 0 amide bonds. The molecule has 0 radical (unpaired) electrons. The number of hydrogen-bond donors (Lipinski definition) is 1. The number of rotatable bonds is 4. The molecule has 4 nitrogen and oxygen atoms in total. The van der Waals surface area contributed by atoms with Gasteiger partial charge in [-0.05, 0) is 42.9 Å². The topological polar surface area (TPSA) is 64.9 Å². The number of aromatic nitrogens is 2. The SMILES string of the molecule is CCSc1ccc(-c2noc(C3CCCCC3N)n2)cc1. The molecule has 1 heterocycles. The Labute approximate surface area is 129 Å². The van der Waals surface area contributed by atoms with E-state index in [0.717, 1.165) is 24.2 Å². The zero-order valence-corrected chi connectivity index (χ0v) is 13.1. The largest absolute Gasteiger partial charge is 0.339 e. The summed E-state index contributed by atoms with van der Waals surface area (Å²) in [6.07, 6.45) is 4.49. The molecular weight excluding hydrogens is 282 g/mol. The van der Waals surface area contributed by atoms with E-state index in [1.807, 2.05) is 23.9 Å². The molecule has 3 rings (SSSR count). The molecule has 1 fully saturated rings. The van der Waals surface area contributed by atoms with Crippen LogP contribution in [0, 0.1) is 0 Å². The highest BCUT2D eigenvalue weighted by Crippen LogP contribution is 2.32. The minimum Gasteiger partial charge on any atom is -0.339 e. The number of nitrogens with two attached hydrogens (primary N) is 1. The predicted molar refractivity (Wildman–Crippen MR) is 85.3 cm³/mol. The normalized spacial score (nSPS) is 22.4. The van der Waals surface area contributed by atoms with E-state index in [1.165, 1.54) is 17.7 Å². The molecule has 5 heteroatoms. The lowest BCUT2D eigenvalue weighted by molar-refractivity contribution is 0.290. The van der Waals surface area contributed by atoms with Crippen LogP contribution in [0.4, 0.5) is 0 Å². The Bertz CT molecular complexity index is 581. The summed E-state index contributed by atoms with van der Waals surface area (Å²) in [4.78, 5) is 5.83. The molecule has 2 N–H and O–H groups in total. The molecule has 2 unspecified atom stereocenters. The average Bonchev–Trinajstić information content (AvgIpc) is 2.98. The highest BCUT2D eigenvalue weighted by molar-refractivity contribution is 7.99. The third-order valence-corrected chi connectivity index (χ3v) is 4.90. The van der Waals surface area contributed by atoms with Crippen LogP contribution in [0.25, 0.3) is 11.4 Å². The number of thioether (sulfide) groups is 1. The van der Waals surface area contributed by atoms with Crippen LogP contribution in [0.2, 0.25) is 0 Å². The molecule has 112 valence electrons. The van der Waals surface area contributed by atoms with Crippen LogP contribution < -0.4 is 5.73 Å². The van der Waals surface area contributed by atoms with Crippen LogP contribution in [0.5, 0.6) is 0 Å². The first-order valence-corrected chi connectivity index (χ1v) is 8.59. The summed E-state index contributed by atoms with van der Waals surface area (Å²) >= 11 is 1.83. The van der Waals surface area contributed by atoms with Gasteiger partial charge < -0.3 is 10.3 Å². The summed E-state index contributed by atoms with van der Waals surface area (Å²) < 4.78 is 5.46. The van der Waals surface area contributed by atoms with Gasteiger partial charge in [-0.25, -0.2) is 0 Å². The van der Waals surface area contributed by atoms with E-state index < -0.39 is 0 Å². The zero-order chi connectivity index (χ0) is 14.7. The number of hydrogen-bond acceptors (Lipinski definition) is 5. The second-order valence-corrected chi connectivity index (χ2v) is 6.81. The molecule has 2 atom stereocenters. The van der Waals surface area contributed by atoms with Crippen molar-refractivity contribution in [1.29, 1.82) is 0 Å². The Kier molecular flexibility index (Phi) is 4.60. The Hall–Kier alpha value is -1.33. The summed E-state index contributed by atoms with van der Waals surface area (Å²) in [6.45, 7) is 2.15. The summed E-state index contributed by atoms with van der Waals surface area (Å²) in [5.41, 5.74) is 7.18. The smallest absolute Gasteiger partial charge is 0.231 e. The van der Waals surface area contributed by atoms with Gasteiger partial charge in [0, 0.05) is 16.5 Å². The third-order valence-electron chi connectivity index (χ3n) is 4.00. The quantitative estimate of drug-likeness (QED) is 0.869. The van der Waals surface area contributed by atoms with Gasteiger partial charge in [0.2, 0.25) is 11.7 Å². The first-order valence-electron chi connectivity index (χ1n) is 7.60. The van der Waals surface area contributed by atoms with Crippen molar-refractivity contribution in [2.24, 2.45) is 5.73 Å². The Morgan fingerprint density at radius 2 is 2.00 bits per heavy atom. The van der Waals surface area contributed by atoms with E-state index >= 15 is 0 Å². The Morgan fingerprint density at radius 1 is 1.24 bits per heavy atom. The predicted octanol–water partition coefficient (Wildman–Crippen LogP) is 3.83. The van der Waals surface area contributed by atoms with Gasteiger partial charge in [0.15, 0.2) is 0 Å². The summed E-state index contributed by atoms with van der Waals surface area (Å²) in [5.74, 6) is 2.65. The lowest BCUT2D eigenvalue weighted by Gasteiger charge is -2.25. The molecule has 0 bridgehead atoms. The van der Waals surface area contributed by atoms with Crippen LogP contribution in [0.15, 0.2) is 33.7 Å². The highest BCUT2D eigenvalue weighted by atomic mass is 32.2. The summed E-state index contributed by atoms with van der Waals surface area (Å²) in [7, 11) is 0. The summed E-state index contributed by atoms with van der Waals surface area (Å²) in [6, 6.07) is 8.45. The van der Waals surface area contributed by atoms with Gasteiger partial charge in [-0.1, -0.05) is 24.9 Å². The van der Waals surface area contributed by atoms with E-state index in [-0.39, 0.29) is 12.0 Å². The van der Waals surface area contributed by atoms with Crippen LogP contribution in [-0.2, 0) is 0 Å². The monoisotopic (exact) mass is 303 g/mol. The van der Waals surface area contributed by atoms with Crippen molar-refractivity contribution in [2.75, 3.05) is 5.75 Å². The molecule has 1 saturated carbocycles. The molecule has 0 spiro atoms. The van der Waals surface area contributed by atoms with Gasteiger partial charge in [0.05, 0.1) is 5.92 Å². The van der Waals surface area contributed by atoms with Gasteiger partial charge in [-0.2, -0.15) is 4.98 Å². The third kappa shape index (κ3) is 3.30. The van der Waals surface area contributed by atoms with Gasteiger partial charge in [0.25, 0.3) is 0 Å². The molecular formula is C16H21N3OS. The van der Waals surface area contributed by atoms with Crippen molar-refractivity contribution in [3.63, 3.8) is 0 Å². The van der Waals surface area contributed by atoms with Crippen molar-refractivity contribution in [1.82, 2.24) is 10.1 Å². The minimum atomic E-state index is 0.149. The van der Waals surface area contributed by atoms with Crippen molar-refractivity contribution < 1.29 is 4.52 Å². The van der Waals surface area contributed by atoms with Gasteiger partial charge in [0.1, 0.15) is 0 Å². The lowest BCUT2D eigenvalue weighted by Crippen LogP contribution is -2.31. The fourth-order valence-corrected chi connectivity index (χ4v) is 3.50. The Morgan fingerprint density at radius 3 is 2.71 bits per heavy atom. The van der Waals surface area contributed by atoms with Crippen molar-refractivity contribution >= 4 is 11.8 Å². The van der Waals surface area contributed by atoms with E-state index in [1.54, 1.807) is 0 Å². The molecule has 1 aliphatic rings. The first kappa shape index (κ1) is 14.6. The maximum atomic E-state index is 6.18. The first-order chi connectivity index (χ1) is 10.3. The molecule has 1 aromatic carbocycles. The average molecular weight is 303 g/mol. The molecule has 1 aliphatic carbocycles. The van der Waals surface area contributed by atoms with Crippen LogP contribution >= 0.6 is 11.8 Å². The zero-order valence-electron chi connectivity index (χ0n) is 12.3. The maximum Gasteiger partial charge on any atom is 0.231 e. The Balaban J connectivity index is 1.77.